The third-order valence-electron chi connectivity index (χ3n) is 2.72. The molecule has 0 radical (unpaired) electrons. The molecule has 3 N–H and O–H groups in total. The van der Waals surface area contributed by atoms with Crippen molar-refractivity contribution in [2.24, 2.45) is 0 Å². The molecule has 2 aromatic carbocycles. The van der Waals surface area contributed by atoms with E-state index in [1.807, 2.05) is 6.07 Å². The van der Waals surface area contributed by atoms with Gasteiger partial charge in [-0.25, -0.2) is 13.1 Å². The lowest BCUT2D eigenvalue weighted by atomic mass is 10.1. The molecule has 4 nitrogen and oxygen atoms in total. The van der Waals surface area contributed by atoms with Crippen LogP contribution in [0.3, 0.4) is 0 Å². The van der Waals surface area contributed by atoms with Crippen molar-refractivity contribution in [1.82, 2.24) is 4.72 Å². The third-order valence-corrected chi connectivity index (χ3v) is 4.23. The maximum Gasteiger partial charge on any atom is 0.241 e. The molecule has 2 aromatic rings. The minimum atomic E-state index is -3.56. The van der Waals surface area contributed by atoms with Gasteiger partial charge in [0.2, 0.25) is 10.0 Å². The van der Waals surface area contributed by atoms with E-state index in [4.69, 9.17) is 12.2 Å². The predicted molar refractivity (Wildman–Crippen MR) is 77.0 cm³/mol. The lowest BCUT2D eigenvalue weighted by Gasteiger charge is -2.09. The van der Waals surface area contributed by atoms with Gasteiger partial charge in [0.25, 0.3) is 0 Å². The van der Waals surface area contributed by atoms with E-state index in [9.17, 15) is 8.42 Å². The molecule has 0 bridgehead atoms. The monoisotopic (exact) mass is 274 g/mol. The van der Waals surface area contributed by atoms with Gasteiger partial charge in [-0.2, -0.15) is 0 Å². The van der Waals surface area contributed by atoms with Crippen molar-refractivity contribution in [2.75, 3.05) is 12.3 Å². The number of hydrogen-bond donors (Lipinski definition) is 2. The van der Waals surface area contributed by atoms with Gasteiger partial charge in [0.05, 0.1) is 4.90 Å². The van der Waals surface area contributed by atoms with Gasteiger partial charge in [0, 0.05) is 24.0 Å². The van der Waals surface area contributed by atoms with Gasteiger partial charge in [-0.05, 0) is 23.6 Å². The van der Waals surface area contributed by atoms with Gasteiger partial charge >= 0.3 is 0 Å². The quantitative estimate of drug-likeness (QED) is 0.506. The lowest BCUT2D eigenvalue weighted by Crippen LogP contribution is -2.24. The first-order valence-corrected chi connectivity index (χ1v) is 7.24. The average molecular weight is 274 g/mol. The Balaban J connectivity index is 2.48. The van der Waals surface area contributed by atoms with Crippen LogP contribution in [0.25, 0.3) is 10.8 Å². The van der Waals surface area contributed by atoms with Crippen LogP contribution in [0, 0.1) is 12.3 Å². The molecule has 0 unspecified atom stereocenters. The largest absolute Gasteiger partial charge is 0.399 e. The summed E-state index contributed by atoms with van der Waals surface area (Å²) in [5, 5.41) is 1.43. The number of anilines is 1. The van der Waals surface area contributed by atoms with Crippen LogP contribution in [-0.4, -0.2) is 15.0 Å². The number of rotatable bonds is 4. The van der Waals surface area contributed by atoms with Crippen LogP contribution in [-0.2, 0) is 10.0 Å². The first kappa shape index (κ1) is 13.4. The number of nitrogens with one attached hydrogen (secondary N) is 1. The van der Waals surface area contributed by atoms with Crippen LogP contribution in [0.1, 0.15) is 6.42 Å². The Morgan fingerprint density at radius 3 is 2.79 bits per heavy atom. The van der Waals surface area contributed by atoms with Crippen molar-refractivity contribution in [3.05, 3.63) is 36.4 Å². The smallest absolute Gasteiger partial charge is 0.241 e. The molecule has 0 fully saturated rings. The second-order valence-electron chi connectivity index (χ2n) is 4.09. The van der Waals surface area contributed by atoms with Gasteiger partial charge in [0.1, 0.15) is 0 Å². The Morgan fingerprint density at radius 2 is 2.05 bits per heavy atom. The van der Waals surface area contributed by atoms with E-state index in [1.54, 1.807) is 30.3 Å². The summed E-state index contributed by atoms with van der Waals surface area (Å²) in [6, 6.07) is 10.2. The summed E-state index contributed by atoms with van der Waals surface area (Å²) in [6.07, 6.45) is 5.46. The minimum Gasteiger partial charge on any atom is -0.399 e. The van der Waals surface area contributed by atoms with E-state index >= 15 is 0 Å². The number of nitrogens with two attached hydrogens (primary N) is 1. The third kappa shape index (κ3) is 2.87. The maximum absolute atomic E-state index is 12.2. The molecule has 0 aliphatic carbocycles. The van der Waals surface area contributed by atoms with Gasteiger partial charge in [0.15, 0.2) is 0 Å². The topological polar surface area (TPSA) is 72.2 Å². The zero-order valence-corrected chi connectivity index (χ0v) is 11.1. The Labute approximate surface area is 112 Å². The van der Waals surface area contributed by atoms with Crippen LogP contribution in [0.5, 0.6) is 0 Å². The van der Waals surface area contributed by atoms with Crippen molar-refractivity contribution in [3.8, 4) is 12.3 Å². The number of sulfonamides is 1. The van der Waals surface area contributed by atoms with Crippen LogP contribution in [0.2, 0.25) is 0 Å². The summed E-state index contributed by atoms with van der Waals surface area (Å²) in [5.74, 6) is 2.39. The fourth-order valence-electron chi connectivity index (χ4n) is 1.84. The second-order valence-corrected chi connectivity index (χ2v) is 5.82. The molecular weight excluding hydrogens is 260 g/mol. The van der Waals surface area contributed by atoms with E-state index in [-0.39, 0.29) is 11.4 Å². The van der Waals surface area contributed by atoms with Crippen molar-refractivity contribution < 1.29 is 8.42 Å². The van der Waals surface area contributed by atoms with Crippen molar-refractivity contribution >= 4 is 26.5 Å². The molecule has 0 spiro atoms. The van der Waals surface area contributed by atoms with Crippen molar-refractivity contribution in [1.29, 1.82) is 0 Å². The number of terminal acetylenes is 1. The van der Waals surface area contributed by atoms with Gasteiger partial charge in [-0.3, -0.25) is 0 Å². The number of benzene rings is 2. The van der Waals surface area contributed by atoms with Gasteiger partial charge < -0.3 is 5.73 Å². The molecular formula is C14H14N2O2S. The Hall–Kier alpha value is -2.03. The van der Waals surface area contributed by atoms with E-state index in [0.29, 0.717) is 17.5 Å². The second kappa shape index (κ2) is 5.31. The SMILES string of the molecule is C#CCCNS(=O)(=O)c1cccc2cc(N)ccc12. The number of nitrogen functional groups attached to an aromatic ring is 1. The van der Waals surface area contributed by atoms with Crippen LogP contribution in [0.15, 0.2) is 41.3 Å². The first-order valence-electron chi connectivity index (χ1n) is 5.76. The van der Waals surface area contributed by atoms with Crippen LogP contribution >= 0.6 is 0 Å². The van der Waals surface area contributed by atoms with E-state index in [2.05, 4.69) is 10.6 Å². The van der Waals surface area contributed by atoms with Crippen LogP contribution in [0.4, 0.5) is 5.69 Å². The molecule has 2 rings (SSSR count). The standard InChI is InChI=1S/C14H14N2O2S/c1-2-3-9-16-19(17,18)14-6-4-5-11-10-12(15)7-8-13(11)14/h1,4-8,10,16H,3,9,15H2. The number of hydrogen-bond acceptors (Lipinski definition) is 3. The normalized spacial score (nSPS) is 11.3. The first-order chi connectivity index (χ1) is 9.04. The summed E-state index contributed by atoms with van der Waals surface area (Å²) in [5.41, 5.74) is 6.29. The molecule has 0 atom stereocenters. The molecule has 0 aliphatic heterocycles. The molecule has 0 heterocycles. The summed E-state index contributed by atoms with van der Waals surface area (Å²) in [7, 11) is -3.56. The fourth-order valence-corrected chi connectivity index (χ4v) is 3.10. The van der Waals surface area contributed by atoms with Crippen molar-refractivity contribution in [2.45, 2.75) is 11.3 Å². The Morgan fingerprint density at radius 1 is 1.26 bits per heavy atom. The van der Waals surface area contributed by atoms with Gasteiger partial charge in [-0.15, -0.1) is 12.3 Å². The highest BCUT2D eigenvalue weighted by Crippen LogP contribution is 2.24. The average Bonchev–Trinajstić information content (AvgIpc) is 2.37. The summed E-state index contributed by atoms with van der Waals surface area (Å²) in [4.78, 5) is 0.238. The fraction of sp³-hybridized carbons (Fsp3) is 0.143. The highest BCUT2D eigenvalue weighted by atomic mass is 32.2. The van der Waals surface area contributed by atoms with Gasteiger partial charge in [-0.1, -0.05) is 18.2 Å². The highest BCUT2D eigenvalue weighted by Gasteiger charge is 2.16. The Kier molecular flexibility index (Phi) is 3.74. The summed E-state index contributed by atoms with van der Waals surface area (Å²) < 4.78 is 26.9. The predicted octanol–water partition coefficient (Wildman–Crippen LogP) is 1.72. The summed E-state index contributed by atoms with van der Waals surface area (Å²) >= 11 is 0. The molecule has 5 heteroatoms. The van der Waals surface area contributed by atoms with E-state index < -0.39 is 10.0 Å². The number of fused-ring (bicyclic) bond motifs is 1. The highest BCUT2D eigenvalue weighted by molar-refractivity contribution is 7.89. The Bertz CT molecular complexity index is 746. The minimum absolute atomic E-state index is 0.226. The van der Waals surface area contributed by atoms with E-state index in [0.717, 1.165) is 5.39 Å². The molecule has 0 aromatic heterocycles. The molecule has 0 aliphatic rings. The van der Waals surface area contributed by atoms with Crippen LogP contribution < -0.4 is 10.5 Å². The zero-order valence-electron chi connectivity index (χ0n) is 10.3. The molecule has 0 saturated heterocycles. The summed E-state index contributed by atoms with van der Waals surface area (Å²) in [6.45, 7) is 0.226. The lowest BCUT2D eigenvalue weighted by molar-refractivity contribution is 0.583. The van der Waals surface area contributed by atoms with E-state index in [1.165, 1.54) is 0 Å². The van der Waals surface area contributed by atoms with Crippen molar-refractivity contribution in [3.63, 3.8) is 0 Å². The molecule has 0 saturated carbocycles. The molecule has 98 valence electrons. The molecule has 19 heavy (non-hydrogen) atoms. The maximum atomic E-state index is 12.2. The zero-order chi connectivity index (χ0) is 13.9. The molecule has 0 amide bonds.